The third kappa shape index (κ3) is 5.81. The van der Waals surface area contributed by atoms with E-state index in [1.165, 1.54) is 0 Å². The predicted molar refractivity (Wildman–Crippen MR) is 159 cm³/mol. The summed E-state index contributed by atoms with van der Waals surface area (Å²) in [5, 5.41) is 24.0. The molecule has 1 heterocycles. The van der Waals surface area contributed by atoms with Gasteiger partial charge < -0.3 is 20.0 Å². The number of hydrogen-bond donors (Lipinski definition) is 2. The van der Waals surface area contributed by atoms with E-state index in [1.54, 1.807) is 9.80 Å². The highest BCUT2D eigenvalue weighted by Crippen LogP contribution is 2.38. The van der Waals surface area contributed by atoms with Crippen LogP contribution < -0.4 is 0 Å². The van der Waals surface area contributed by atoms with Gasteiger partial charge in [0.15, 0.2) is 0 Å². The molecule has 0 saturated carbocycles. The van der Waals surface area contributed by atoms with E-state index in [0.717, 1.165) is 22.3 Å². The molecular formula is C35H38N2O3. The lowest BCUT2D eigenvalue weighted by molar-refractivity contribution is -0.0498. The zero-order chi connectivity index (χ0) is 28.1. The van der Waals surface area contributed by atoms with Crippen molar-refractivity contribution in [2.75, 3.05) is 0 Å². The number of aliphatic hydroxyl groups excluding tert-OH is 2. The van der Waals surface area contributed by atoms with Crippen LogP contribution in [0.25, 0.3) is 0 Å². The van der Waals surface area contributed by atoms with Gasteiger partial charge in [0.25, 0.3) is 0 Å². The van der Waals surface area contributed by atoms with Crippen LogP contribution in [-0.2, 0) is 13.1 Å². The number of carbonyl (C=O) groups is 1. The number of carbonyl (C=O) groups excluding carboxylic acids is 1. The van der Waals surface area contributed by atoms with Gasteiger partial charge in [0.2, 0.25) is 0 Å². The summed E-state index contributed by atoms with van der Waals surface area (Å²) in [6.07, 6.45) is -2.33. The summed E-state index contributed by atoms with van der Waals surface area (Å²) in [6.45, 7) is 4.71. The molecule has 1 aliphatic rings. The molecule has 4 aromatic rings. The Morgan fingerprint density at radius 2 is 0.850 bits per heavy atom. The van der Waals surface area contributed by atoms with Crippen molar-refractivity contribution in [3.63, 3.8) is 0 Å². The van der Waals surface area contributed by atoms with Crippen LogP contribution >= 0.6 is 0 Å². The monoisotopic (exact) mass is 534 g/mol. The normalized spacial score (nSPS) is 22.9. The summed E-state index contributed by atoms with van der Waals surface area (Å²) in [5.74, 6) is -0.439. The average Bonchev–Trinajstić information content (AvgIpc) is 3.07. The predicted octanol–water partition coefficient (Wildman–Crippen LogP) is 6.19. The molecule has 0 radical (unpaired) electrons. The highest BCUT2D eigenvalue weighted by Gasteiger charge is 2.50. The molecule has 5 heteroatoms. The van der Waals surface area contributed by atoms with E-state index in [2.05, 4.69) is 0 Å². The Labute approximate surface area is 237 Å². The second-order valence-electron chi connectivity index (χ2n) is 10.9. The van der Waals surface area contributed by atoms with Crippen LogP contribution in [0.1, 0.15) is 47.9 Å². The summed E-state index contributed by atoms with van der Waals surface area (Å²) in [4.78, 5) is 18.3. The maximum Gasteiger partial charge on any atom is 0.321 e. The first-order valence-electron chi connectivity index (χ1n) is 14.1. The zero-order valence-corrected chi connectivity index (χ0v) is 23.1. The molecule has 4 aromatic carbocycles. The molecule has 0 aliphatic carbocycles. The second-order valence-corrected chi connectivity index (χ2v) is 10.9. The standard InChI is InChI=1S/C35H38N2O3/c1-25(29-19-11-5-12-20-29)31-33(38)34(39)32(26(2)30-21-13-6-14-22-30)37(24-28-17-9-4-10-18-28)35(40)36(31)23-27-15-7-3-8-16-27/h3-22,25-26,31-34,38-39H,23-24H2,1-2H3/t25?,26?,31-,32-,33+,34+/m1/s1. The molecule has 206 valence electrons. The first-order valence-corrected chi connectivity index (χ1v) is 14.1. The van der Waals surface area contributed by atoms with Crippen molar-refractivity contribution in [2.24, 2.45) is 0 Å². The van der Waals surface area contributed by atoms with Crippen molar-refractivity contribution in [2.45, 2.75) is 63.1 Å². The van der Waals surface area contributed by atoms with Gasteiger partial charge in [0, 0.05) is 24.9 Å². The summed E-state index contributed by atoms with van der Waals surface area (Å²) in [7, 11) is 0. The molecular weight excluding hydrogens is 496 g/mol. The molecule has 5 nitrogen and oxygen atoms in total. The van der Waals surface area contributed by atoms with Crippen LogP contribution in [0.3, 0.4) is 0 Å². The van der Waals surface area contributed by atoms with Gasteiger partial charge in [-0.25, -0.2) is 4.79 Å². The van der Waals surface area contributed by atoms with Crippen molar-refractivity contribution < 1.29 is 15.0 Å². The van der Waals surface area contributed by atoms with Crippen molar-refractivity contribution in [1.29, 1.82) is 0 Å². The smallest absolute Gasteiger partial charge is 0.321 e. The largest absolute Gasteiger partial charge is 0.388 e. The maximum atomic E-state index is 14.8. The third-order valence-electron chi connectivity index (χ3n) is 8.33. The Bertz CT molecular complexity index is 1250. The van der Waals surface area contributed by atoms with Gasteiger partial charge in [-0.1, -0.05) is 135 Å². The van der Waals surface area contributed by atoms with Gasteiger partial charge in [-0.3, -0.25) is 0 Å². The fourth-order valence-electron chi connectivity index (χ4n) is 6.14. The van der Waals surface area contributed by atoms with E-state index in [9.17, 15) is 15.0 Å². The lowest BCUT2D eigenvalue weighted by Gasteiger charge is -2.39. The molecule has 2 amide bonds. The molecule has 2 unspecified atom stereocenters. The molecule has 0 bridgehead atoms. The molecule has 0 aromatic heterocycles. The minimum Gasteiger partial charge on any atom is -0.388 e. The fourth-order valence-corrected chi connectivity index (χ4v) is 6.14. The van der Waals surface area contributed by atoms with Gasteiger partial charge >= 0.3 is 6.03 Å². The topological polar surface area (TPSA) is 64.0 Å². The van der Waals surface area contributed by atoms with E-state index < -0.39 is 24.3 Å². The molecule has 40 heavy (non-hydrogen) atoms. The minimum atomic E-state index is -1.17. The van der Waals surface area contributed by atoms with Crippen LogP contribution in [0.5, 0.6) is 0 Å². The summed E-state index contributed by atoms with van der Waals surface area (Å²) in [5.41, 5.74) is 3.96. The van der Waals surface area contributed by atoms with Crippen LogP contribution in [-0.4, -0.2) is 50.3 Å². The average molecular weight is 535 g/mol. The second kappa shape index (κ2) is 12.5. The lowest BCUT2D eigenvalue weighted by Crippen LogP contribution is -2.52. The van der Waals surface area contributed by atoms with Crippen molar-refractivity contribution in [1.82, 2.24) is 9.80 Å². The highest BCUT2D eigenvalue weighted by atomic mass is 16.3. The summed E-state index contributed by atoms with van der Waals surface area (Å²) >= 11 is 0. The quantitative estimate of drug-likeness (QED) is 0.283. The fraction of sp³-hybridized carbons (Fsp3) is 0.286. The number of hydrogen-bond acceptors (Lipinski definition) is 3. The maximum absolute atomic E-state index is 14.8. The Morgan fingerprint density at radius 1 is 0.550 bits per heavy atom. The molecule has 6 atom stereocenters. The molecule has 1 aliphatic heterocycles. The summed E-state index contributed by atoms with van der Waals surface area (Å²) in [6, 6.07) is 38.1. The number of rotatable bonds is 8. The number of benzene rings is 4. The van der Waals surface area contributed by atoms with E-state index in [-0.39, 0.29) is 17.9 Å². The van der Waals surface area contributed by atoms with E-state index in [4.69, 9.17) is 0 Å². The molecule has 5 rings (SSSR count). The molecule has 1 saturated heterocycles. The van der Waals surface area contributed by atoms with E-state index in [0.29, 0.717) is 13.1 Å². The Morgan fingerprint density at radius 3 is 1.18 bits per heavy atom. The third-order valence-corrected chi connectivity index (χ3v) is 8.33. The Hall–Kier alpha value is -3.93. The molecule has 2 N–H and O–H groups in total. The number of urea groups is 1. The van der Waals surface area contributed by atoms with Crippen LogP contribution in [0, 0.1) is 0 Å². The van der Waals surface area contributed by atoms with E-state index in [1.807, 2.05) is 135 Å². The number of amides is 2. The SMILES string of the molecule is CC(c1ccccc1)[C@@H]1[C@H](O)[C@@H](O)[C@@H](C(C)c2ccccc2)N(Cc2ccccc2)C(=O)N1Cc1ccccc1. The van der Waals surface area contributed by atoms with Gasteiger partial charge in [-0.05, 0) is 22.3 Å². The highest BCUT2D eigenvalue weighted by molar-refractivity contribution is 5.76. The van der Waals surface area contributed by atoms with Gasteiger partial charge in [0.05, 0.1) is 12.1 Å². The Kier molecular flexibility index (Phi) is 8.63. The van der Waals surface area contributed by atoms with Crippen molar-refractivity contribution in [3.05, 3.63) is 144 Å². The van der Waals surface area contributed by atoms with Gasteiger partial charge in [-0.2, -0.15) is 0 Å². The van der Waals surface area contributed by atoms with E-state index >= 15 is 0 Å². The van der Waals surface area contributed by atoms with Crippen molar-refractivity contribution >= 4 is 6.03 Å². The first-order chi connectivity index (χ1) is 19.5. The van der Waals surface area contributed by atoms with Crippen molar-refractivity contribution in [3.8, 4) is 0 Å². The first kappa shape index (κ1) is 27.6. The summed E-state index contributed by atoms with van der Waals surface area (Å²) < 4.78 is 0. The van der Waals surface area contributed by atoms with Crippen LogP contribution in [0.2, 0.25) is 0 Å². The molecule has 0 spiro atoms. The van der Waals surface area contributed by atoms with Gasteiger partial charge in [0.1, 0.15) is 12.2 Å². The zero-order valence-electron chi connectivity index (χ0n) is 23.1. The Balaban J connectivity index is 1.64. The van der Waals surface area contributed by atoms with Gasteiger partial charge in [-0.15, -0.1) is 0 Å². The lowest BCUT2D eigenvalue weighted by atomic mass is 9.81. The number of aliphatic hydroxyl groups is 2. The number of nitrogens with zero attached hydrogens (tertiary/aromatic N) is 2. The van der Waals surface area contributed by atoms with Crippen LogP contribution in [0.15, 0.2) is 121 Å². The minimum absolute atomic E-state index is 0.191. The van der Waals surface area contributed by atoms with Crippen LogP contribution in [0.4, 0.5) is 4.79 Å². The molecule has 1 fully saturated rings.